The molecular formula is C23H29N7. The van der Waals surface area contributed by atoms with Gasteiger partial charge >= 0.3 is 0 Å². The molecule has 0 unspecified atom stereocenters. The van der Waals surface area contributed by atoms with Crippen molar-refractivity contribution >= 4 is 5.69 Å². The third kappa shape index (κ3) is 3.37. The Hall–Kier alpha value is -2.80. The molecule has 0 amide bonds. The molecule has 1 fully saturated rings. The average Bonchev–Trinajstić information content (AvgIpc) is 3.30. The third-order valence-corrected chi connectivity index (χ3v) is 6.05. The van der Waals surface area contributed by atoms with E-state index >= 15 is 0 Å². The molecule has 0 radical (unpaired) electrons. The highest BCUT2D eigenvalue weighted by atomic mass is 15.3. The van der Waals surface area contributed by atoms with E-state index in [2.05, 4.69) is 52.8 Å². The lowest BCUT2D eigenvalue weighted by molar-refractivity contribution is 0.588. The number of fused-ring (bicyclic) bond motifs is 3. The molecule has 0 spiro atoms. The molecular weight excluding hydrogens is 374 g/mol. The fraction of sp³-hybridized carbons (Fsp3) is 0.478. The lowest BCUT2D eigenvalue weighted by Gasteiger charge is -2.29. The molecule has 1 aliphatic heterocycles. The SMILES string of the molecule is CCn1nc2c(c1C(C)C)-c1nc(Cc3ccc(N4CCNCC4)cn3)ncc1C2. The summed E-state index contributed by atoms with van der Waals surface area (Å²) in [6.45, 7) is 11.6. The van der Waals surface area contributed by atoms with Gasteiger partial charge in [0.25, 0.3) is 0 Å². The molecule has 2 aliphatic rings. The maximum absolute atomic E-state index is 4.97. The Morgan fingerprint density at radius 3 is 2.63 bits per heavy atom. The molecule has 30 heavy (non-hydrogen) atoms. The van der Waals surface area contributed by atoms with Crippen LogP contribution in [0.15, 0.2) is 24.5 Å². The smallest absolute Gasteiger partial charge is 0.134 e. The summed E-state index contributed by atoms with van der Waals surface area (Å²) in [4.78, 5) is 16.7. The molecule has 1 N–H and O–H groups in total. The molecule has 3 aromatic rings. The van der Waals surface area contributed by atoms with Crippen LogP contribution in [0.25, 0.3) is 11.3 Å². The van der Waals surface area contributed by atoms with E-state index in [1.807, 2.05) is 12.4 Å². The van der Waals surface area contributed by atoms with Crippen molar-refractivity contribution in [3.8, 4) is 11.3 Å². The first-order chi connectivity index (χ1) is 14.6. The Bertz CT molecular complexity index is 1050. The number of rotatable bonds is 5. The lowest BCUT2D eigenvalue weighted by Crippen LogP contribution is -2.43. The second-order valence-corrected chi connectivity index (χ2v) is 8.44. The summed E-state index contributed by atoms with van der Waals surface area (Å²) in [7, 11) is 0. The molecule has 1 saturated heterocycles. The number of nitrogens with one attached hydrogen (secondary N) is 1. The third-order valence-electron chi connectivity index (χ3n) is 6.05. The first kappa shape index (κ1) is 19.2. The minimum Gasteiger partial charge on any atom is -0.368 e. The number of piperazine rings is 1. The van der Waals surface area contributed by atoms with Crippen molar-refractivity contribution in [2.24, 2.45) is 0 Å². The van der Waals surface area contributed by atoms with Gasteiger partial charge in [-0.3, -0.25) is 9.67 Å². The van der Waals surface area contributed by atoms with Gasteiger partial charge in [0.2, 0.25) is 0 Å². The van der Waals surface area contributed by atoms with E-state index < -0.39 is 0 Å². The molecule has 7 nitrogen and oxygen atoms in total. The molecule has 0 aromatic carbocycles. The van der Waals surface area contributed by atoms with Crippen LogP contribution >= 0.6 is 0 Å². The van der Waals surface area contributed by atoms with Crippen LogP contribution in [0.5, 0.6) is 0 Å². The van der Waals surface area contributed by atoms with Gasteiger partial charge in [-0.15, -0.1) is 0 Å². The van der Waals surface area contributed by atoms with Crippen molar-refractivity contribution in [2.75, 3.05) is 31.1 Å². The topological polar surface area (TPSA) is 71.8 Å². The number of anilines is 1. The zero-order valence-electron chi connectivity index (χ0n) is 18.0. The number of aryl methyl sites for hydroxylation is 1. The van der Waals surface area contributed by atoms with Gasteiger partial charge in [0.1, 0.15) is 5.82 Å². The second kappa shape index (κ2) is 7.80. The minimum absolute atomic E-state index is 0.407. The van der Waals surface area contributed by atoms with E-state index in [-0.39, 0.29) is 0 Å². The van der Waals surface area contributed by atoms with Crippen LogP contribution < -0.4 is 10.2 Å². The Labute approximate surface area is 177 Å². The van der Waals surface area contributed by atoms with Crippen LogP contribution in [-0.4, -0.2) is 50.9 Å². The highest BCUT2D eigenvalue weighted by molar-refractivity contribution is 5.74. The maximum atomic E-state index is 4.97. The number of hydrogen-bond donors (Lipinski definition) is 1. The summed E-state index contributed by atoms with van der Waals surface area (Å²) in [5.74, 6) is 1.23. The zero-order chi connectivity index (χ0) is 20.7. The van der Waals surface area contributed by atoms with Crippen molar-refractivity contribution in [1.29, 1.82) is 0 Å². The lowest BCUT2D eigenvalue weighted by atomic mass is 10.0. The van der Waals surface area contributed by atoms with E-state index in [1.54, 1.807) is 0 Å². The normalized spacial score (nSPS) is 15.5. The van der Waals surface area contributed by atoms with Gasteiger partial charge in [0.05, 0.1) is 35.4 Å². The Morgan fingerprint density at radius 1 is 1.10 bits per heavy atom. The van der Waals surface area contributed by atoms with Gasteiger partial charge in [-0.05, 0) is 25.0 Å². The molecule has 0 saturated carbocycles. The average molecular weight is 404 g/mol. The molecule has 7 heteroatoms. The maximum Gasteiger partial charge on any atom is 0.134 e. The van der Waals surface area contributed by atoms with Crippen LogP contribution in [0.2, 0.25) is 0 Å². The minimum atomic E-state index is 0.407. The van der Waals surface area contributed by atoms with E-state index in [1.165, 1.54) is 22.5 Å². The number of pyridine rings is 1. The molecule has 156 valence electrons. The summed E-state index contributed by atoms with van der Waals surface area (Å²) < 4.78 is 2.14. The van der Waals surface area contributed by atoms with E-state index in [0.29, 0.717) is 12.3 Å². The van der Waals surface area contributed by atoms with Crippen molar-refractivity contribution in [3.63, 3.8) is 0 Å². The summed E-state index contributed by atoms with van der Waals surface area (Å²) in [5.41, 5.74) is 8.09. The summed E-state index contributed by atoms with van der Waals surface area (Å²) >= 11 is 0. The van der Waals surface area contributed by atoms with Gasteiger partial charge in [0.15, 0.2) is 0 Å². The van der Waals surface area contributed by atoms with Gasteiger partial charge in [-0.2, -0.15) is 5.10 Å². The molecule has 4 heterocycles. The Balaban J connectivity index is 1.40. The van der Waals surface area contributed by atoms with Gasteiger partial charge < -0.3 is 10.2 Å². The number of hydrogen-bond acceptors (Lipinski definition) is 6. The zero-order valence-corrected chi connectivity index (χ0v) is 18.0. The summed E-state index contributed by atoms with van der Waals surface area (Å²) in [5, 5.41) is 8.23. The number of nitrogens with zero attached hydrogens (tertiary/aromatic N) is 6. The second-order valence-electron chi connectivity index (χ2n) is 8.44. The molecule has 1 aliphatic carbocycles. The van der Waals surface area contributed by atoms with Crippen molar-refractivity contribution in [1.82, 2.24) is 30.0 Å². The van der Waals surface area contributed by atoms with E-state index in [0.717, 1.165) is 62.1 Å². The fourth-order valence-electron chi connectivity index (χ4n) is 4.58. The van der Waals surface area contributed by atoms with Crippen LogP contribution in [0.4, 0.5) is 5.69 Å². The van der Waals surface area contributed by atoms with E-state index in [4.69, 9.17) is 15.1 Å². The number of aromatic nitrogens is 5. The van der Waals surface area contributed by atoms with Crippen LogP contribution in [-0.2, 0) is 19.4 Å². The first-order valence-electron chi connectivity index (χ1n) is 11.0. The van der Waals surface area contributed by atoms with Gasteiger partial charge in [-0.25, -0.2) is 9.97 Å². The Morgan fingerprint density at radius 2 is 1.93 bits per heavy atom. The van der Waals surface area contributed by atoms with Gasteiger partial charge in [-0.1, -0.05) is 13.8 Å². The van der Waals surface area contributed by atoms with Crippen LogP contribution in [0.1, 0.15) is 55.2 Å². The fourth-order valence-corrected chi connectivity index (χ4v) is 4.58. The molecule has 0 atom stereocenters. The molecule has 5 rings (SSSR count). The molecule has 3 aromatic heterocycles. The summed E-state index contributed by atoms with van der Waals surface area (Å²) in [6, 6.07) is 4.27. The van der Waals surface area contributed by atoms with Crippen LogP contribution in [0.3, 0.4) is 0 Å². The highest BCUT2D eigenvalue weighted by Crippen LogP contribution is 2.40. The summed E-state index contributed by atoms with van der Waals surface area (Å²) in [6.07, 6.45) is 5.43. The quantitative estimate of drug-likeness (QED) is 0.552. The van der Waals surface area contributed by atoms with Crippen molar-refractivity contribution in [3.05, 3.63) is 53.0 Å². The molecule has 0 bridgehead atoms. The largest absolute Gasteiger partial charge is 0.368 e. The Kier molecular flexibility index (Phi) is 4.98. The first-order valence-corrected chi connectivity index (χ1v) is 11.0. The standard InChI is InChI=1S/C23H29N7/c1-4-30-23(15(2)3)21-19(28-30)11-16-13-26-20(27-22(16)21)12-17-5-6-18(14-25-17)29-9-7-24-8-10-29/h5-6,13-15,24H,4,7-12H2,1-3H3. The van der Waals surface area contributed by atoms with E-state index in [9.17, 15) is 0 Å². The predicted molar refractivity (Wildman–Crippen MR) is 118 cm³/mol. The van der Waals surface area contributed by atoms with Gasteiger partial charge in [0, 0.05) is 62.2 Å². The highest BCUT2D eigenvalue weighted by Gasteiger charge is 2.30. The van der Waals surface area contributed by atoms with Crippen molar-refractivity contribution < 1.29 is 0 Å². The van der Waals surface area contributed by atoms with Crippen molar-refractivity contribution in [2.45, 2.75) is 46.1 Å². The monoisotopic (exact) mass is 403 g/mol. The predicted octanol–water partition coefficient (Wildman–Crippen LogP) is 2.78. The van der Waals surface area contributed by atoms with Crippen LogP contribution in [0, 0.1) is 0 Å².